The van der Waals surface area contributed by atoms with Crippen LogP contribution in [0.1, 0.15) is 11.3 Å². The van der Waals surface area contributed by atoms with Crippen LogP contribution >= 0.6 is 11.6 Å². The Bertz CT molecular complexity index is 470. The van der Waals surface area contributed by atoms with Crippen molar-refractivity contribution in [2.24, 2.45) is 0 Å². The van der Waals surface area contributed by atoms with Gasteiger partial charge in [-0.15, -0.1) is 16.7 Å². The fraction of sp³-hybridized carbons (Fsp3) is 0.273. The number of phenols is 1. The van der Waals surface area contributed by atoms with Crippen molar-refractivity contribution in [2.45, 2.75) is 13.0 Å². The number of nitrogens with zero attached hydrogens (tertiary/aromatic N) is 3. The van der Waals surface area contributed by atoms with Gasteiger partial charge in [0.25, 0.3) is 0 Å². The minimum atomic E-state index is 0.263. The quantitative estimate of drug-likeness (QED) is 0.826. The summed E-state index contributed by atoms with van der Waals surface area (Å²) in [6, 6.07) is 7.09. The number of rotatable bonds is 4. The second kappa shape index (κ2) is 4.99. The van der Waals surface area contributed by atoms with E-state index in [0.29, 0.717) is 12.4 Å². The van der Waals surface area contributed by atoms with Crippen molar-refractivity contribution in [2.75, 3.05) is 5.88 Å². The van der Waals surface area contributed by atoms with Gasteiger partial charge in [0.05, 0.1) is 12.2 Å². The van der Waals surface area contributed by atoms with Crippen LogP contribution in [0.3, 0.4) is 0 Å². The van der Waals surface area contributed by atoms with Crippen LogP contribution in [0.25, 0.3) is 0 Å². The molecule has 0 radical (unpaired) electrons. The Balaban J connectivity index is 2.08. The Hall–Kier alpha value is -1.55. The Morgan fingerprint density at radius 1 is 1.38 bits per heavy atom. The third-order valence-electron chi connectivity index (χ3n) is 2.19. The van der Waals surface area contributed by atoms with Crippen molar-refractivity contribution in [1.82, 2.24) is 15.0 Å². The van der Waals surface area contributed by atoms with E-state index in [2.05, 4.69) is 10.3 Å². The number of benzene rings is 1. The first kappa shape index (κ1) is 11.0. The molecule has 0 amide bonds. The van der Waals surface area contributed by atoms with Gasteiger partial charge < -0.3 is 5.11 Å². The molecule has 0 aliphatic rings. The number of aryl methyl sites for hydroxylation is 1. The number of halogens is 1. The summed E-state index contributed by atoms with van der Waals surface area (Å²) in [7, 11) is 0. The predicted octanol–water partition coefficient (Wildman–Crippen LogP) is 1.81. The Labute approximate surface area is 98.5 Å². The molecule has 0 aliphatic carbocycles. The van der Waals surface area contributed by atoms with Gasteiger partial charge in [-0.2, -0.15) is 0 Å². The molecule has 0 unspecified atom stereocenters. The van der Waals surface area contributed by atoms with Crippen LogP contribution in [0.15, 0.2) is 30.5 Å². The van der Waals surface area contributed by atoms with Crippen molar-refractivity contribution >= 4 is 11.6 Å². The van der Waals surface area contributed by atoms with E-state index >= 15 is 0 Å². The SMILES string of the molecule is Oc1cccc(Cn2cc(CCCl)nn2)c1. The summed E-state index contributed by atoms with van der Waals surface area (Å²) in [4.78, 5) is 0. The third kappa shape index (κ3) is 2.73. The second-order valence-corrected chi connectivity index (χ2v) is 3.89. The van der Waals surface area contributed by atoms with Crippen molar-refractivity contribution < 1.29 is 5.11 Å². The lowest BCUT2D eigenvalue weighted by Crippen LogP contribution is -2.00. The zero-order valence-corrected chi connectivity index (χ0v) is 9.43. The molecule has 0 atom stereocenters. The monoisotopic (exact) mass is 237 g/mol. The van der Waals surface area contributed by atoms with Gasteiger partial charge in [-0.1, -0.05) is 17.3 Å². The third-order valence-corrected chi connectivity index (χ3v) is 2.38. The average Bonchev–Trinajstić information content (AvgIpc) is 2.66. The first-order chi connectivity index (χ1) is 7.78. The van der Waals surface area contributed by atoms with Gasteiger partial charge >= 0.3 is 0 Å². The van der Waals surface area contributed by atoms with Gasteiger partial charge in [0.2, 0.25) is 0 Å². The molecule has 5 heteroatoms. The highest BCUT2D eigenvalue weighted by molar-refractivity contribution is 6.17. The molecule has 1 aromatic heterocycles. The van der Waals surface area contributed by atoms with Crippen LogP contribution in [0.2, 0.25) is 0 Å². The van der Waals surface area contributed by atoms with E-state index in [1.807, 2.05) is 12.3 Å². The number of aromatic hydroxyl groups is 1. The highest BCUT2D eigenvalue weighted by Gasteiger charge is 2.01. The summed E-state index contributed by atoms with van der Waals surface area (Å²) in [6.45, 7) is 0.601. The zero-order chi connectivity index (χ0) is 11.4. The van der Waals surface area contributed by atoms with Crippen molar-refractivity contribution in [3.8, 4) is 5.75 Å². The molecule has 2 rings (SSSR count). The number of hydrogen-bond acceptors (Lipinski definition) is 3. The standard InChI is InChI=1S/C11H12ClN3O/c12-5-4-10-8-15(14-13-10)7-9-2-1-3-11(16)6-9/h1-3,6,8,16H,4-5,7H2. The summed E-state index contributed by atoms with van der Waals surface area (Å²) < 4.78 is 1.73. The maximum Gasteiger partial charge on any atom is 0.115 e. The largest absolute Gasteiger partial charge is 0.508 e. The van der Waals surface area contributed by atoms with Gasteiger partial charge in [0.15, 0.2) is 0 Å². The van der Waals surface area contributed by atoms with Crippen LogP contribution in [-0.4, -0.2) is 26.0 Å². The lowest BCUT2D eigenvalue weighted by Gasteiger charge is -2.00. The molecule has 0 bridgehead atoms. The number of hydrogen-bond donors (Lipinski definition) is 1. The molecule has 0 saturated heterocycles. The molecular formula is C11H12ClN3O. The predicted molar refractivity (Wildman–Crippen MR) is 61.7 cm³/mol. The van der Waals surface area contributed by atoms with Gasteiger partial charge in [0.1, 0.15) is 5.75 Å². The lowest BCUT2D eigenvalue weighted by atomic mass is 10.2. The minimum absolute atomic E-state index is 0.263. The molecule has 0 saturated carbocycles. The zero-order valence-electron chi connectivity index (χ0n) is 8.67. The number of aromatic nitrogens is 3. The molecule has 0 fully saturated rings. The topological polar surface area (TPSA) is 50.9 Å². The molecule has 0 aliphatic heterocycles. The number of alkyl halides is 1. The van der Waals surface area contributed by atoms with Gasteiger partial charge in [-0.25, -0.2) is 4.68 Å². The van der Waals surface area contributed by atoms with E-state index in [1.165, 1.54) is 0 Å². The molecule has 1 N–H and O–H groups in total. The average molecular weight is 238 g/mol. The smallest absolute Gasteiger partial charge is 0.115 e. The van der Waals surface area contributed by atoms with Crippen LogP contribution in [-0.2, 0) is 13.0 Å². The first-order valence-corrected chi connectivity index (χ1v) is 5.54. The number of phenolic OH excluding ortho intramolecular Hbond substituents is 1. The molecule has 16 heavy (non-hydrogen) atoms. The highest BCUT2D eigenvalue weighted by atomic mass is 35.5. The summed E-state index contributed by atoms with van der Waals surface area (Å²) in [5, 5.41) is 17.3. The highest BCUT2D eigenvalue weighted by Crippen LogP contribution is 2.11. The maximum absolute atomic E-state index is 9.32. The Morgan fingerprint density at radius 3 is 3.00 bits per heavy atom. The van der Waals surface area contributed by atoms with E-state index in [1.54, 1.807) is 22.9 Å². The summed E-state index contributed by atoms with van der Waals surface area (Å²) in [6.07, 6.45) is 2.59. The molecule has 0 spiro atoms. The van der Waals surface area contributed by atoms with Crippen LogP contribution in [0, 0.1) is 0 Å². The van der Waals surface area contributed by atoms with Gasteiger partial charge in [0, 0.05) is 18.5 Å². The molecule has 2 aromatic rings. The van der Waals surface area contributed by atoms with Crippen molar-refractivity contribution in [3.63, 3.8) is 0 Å². The van der Waals surface area contributed by atoms with Crippen LogP contribution in [0.5, 0.6) is 5.75 Å². The van der Waals surface area contributed by atoms with Crippen molar-refractivity contribution in [3.05, 3.63) is 41.7 Å². The van der Waals surface area contributed by atoms with E-state index in [4.69, 9.17) is 11.6 Å². The normalized spacial score (nSPS) is 10.6. The minimum Gasteiger partial charge on any atom is -0.508 e. The van der Waals surface area contributed by atoms with Gasteiger partial charge in [-0.3, -0.25) is 0 Å². The molecule has 4 nitrogen and oxygen atoms in total. The Kier molecular flexibility index (Phi) is 3.41. The fourth-order valence-electron chi connectivity index (χ4n) is 1.47. The lowest BCUT2D eigenvalue weighted by molar-refractivity contribution is 0.474. The van der Waals surface area contributed by atoms with E-state index in [-0.39, 0.29) is 5.75 Å². The van der Waals surface area contributed by atoms with Gasteiger partial charge in [-0.05, 0) is 17.7 Å². The van der Waals surface area contributed by atoms with E-state index in [0.717, 1.165) is 17.7 Å². The molecular weight excluding hydrogens is 226 g/mol. The maximum atomic E-state index is 9.32. The second-order valence-electron chi connectivity index (χ2n) is 3.52. The summed E-state index contributed by atoms with van der Waals surface area (Å²) in [5.41, 5.74) is 1.87. The molecule has 1 aromatic carbocycles. The van der Waals surface area contributed by atoms with E-state index in [9.17, 15) is 5.11 Å². The van der Waals surface area contributed by atoms with Crippen LogP contribution in [0.4, 0.5) is 0 Å². The Morgan fingerprint density at radius 2 is 2.25 bits per heavy atom. The fourth-order valence-corrected chi connectivity index (χ4v) is 1.66. The van der Waals surface area contributed by atoms with E-state index < -0.39 is 0 Å². The summed E-state index contributed by atoms with van der Waals surface area (Å²) in [5.74, 6) is 0.809. The van der Waals surface area contributed by atoms with Crippen LogP contribution < -0.4 is 0 Å². The molecule has 84 valence electrons. The summed E-state index contributed by atoms with van der Waals surface area (Å²) >= 11 is 5.62. The first-order valence-electron chi connectivity index (χ1n) is 5.01. The van der Waals surface area contributed by atoms with Crippen molar-refractivity contribution in [1.29, 1.82) is 0 Å². The molecule has 1 heterocycles.